The molecule has 1 rings (SSSR count). The molecule has 0 aromatic rings. The zero-order valence-corrected chi connectivity index (χ0v) is 10.3. The van der Waals surface area contributed by atoms with Gasteiger partial charge in [0.25, 0.3) is 0 Å². The number of amidine groups is 1. The zero-order valence-electron chi connectivity index (χ0n) is 10.3. The summed E-state index contributed by atoms with van der Waals surface area (Å²) in [5.41, 5.74) is 5.65. The predicted octanol–water partition coefficient (Wildman–Crippen LogP) is 1.00. The number of hydrogen-bond acceptors (Lipinski definition) is 3. The minimum atomic E-state index is -0.369. The summed E-state index contributed by atoms with van der Waals surface area (Å²) in [5.74, 6) is 0.352. The van der Waals surface area contributed by atoms with E-state index in [1.807, 2.05) is 6.92 Å². The van der Waals surface area contributed by atoms with Crippen LogP contribution < -0.4 is 16.4 Å². The molecule has 1 atom stereocenters. The smallest absolute Gasteiger partial charge is 0.315 e. The van der Waals surface area contributed by atoms with E-state index in [0.717, 1.165) is 25.7 Å². The van der Waals surface area contributed by atoms with Crippen molar-refractivity contribution < 1.29 is 10.0 Å². The number of urea groups is 1. The second kappa shape index (κ2) is 6.98. The van der Waals surface area contributed by atoms with E-state index in [1.165, 1.54) is 6.42 Å². The standard InChI is InChI=1S/C11H22N4O2/c1-2-13-11(16)14-9(10(12)15-17)8-6-4-3-5-7-8/h8-9,17H,2-7H2,1H3,(H2,12,15)(H2,13,14,16). The Morgan fingerprint density at radius 2 is 2.12 bits per heavy atom. The highest BCUT2D eigenvalue weighted by molar-refractivity contribution is 5.89. The summed E-state index contributed by atoms with van der Waals surface area (Å²) in [6.45, 7) is 2.40. The van der Waals surface area contributed by atoms with E-state index in [0.29, 0.717) is 6.54 Å². The Labute approximate surface area is 102 Å². The maximum absolute atomic E-state index is 11.5. The second-order valence-corrected chi connectivity index (χ2v) is 4.40. The first-order chi connectivity index (χ1) is 8.19. The number of nitrogens with one attached hydrogen (secondary N) is 2. The molecule has 0 heterocycles. The van der Waals surface area contributed by atoms with Crippen LogP contribution in [0.4, 0.5) is 4.79 Å². The van der Waals surface area contributed by atoms with Crippen molar-refractivity contribution in [2.45, 2.75) is 45.1 Å². The van der Waals surface area contributed by atoms with Gasteiger partial charge in [-0.05, 0) is 25.7 Å². The van der Waals surface area contributed by atoms with Gasteiger partial charge in [0.1, 0.15) is 0 Å². The number of hydrogen-bond donors (Lipinski definition) is 4. The van der Waals surface area contributed by atoms with Crippen molar-refractivity contribution in [3.8, 4) is 0 Å². The SMILES string of the molecule is CCNC(=O)NC(/C(N)=N/O)C1CCCCC1. The van der Waals surface area contributed by atoms with Gasteiger partial charge in [-0.15, -0.1) is 0 Å². The number of nitrogens with two attached hydrogens (primary N) is 1. The van der Waals surface area contributed by atoms with Crippen molar-refractivity contribution in [1.29, 1.82) is 0 Å². The number of carbonyl (C=O) groups excluding carboxylic acids is 1. The van der Waals surface area contributed by atoms with Crippen LogP contribution in [0.15, 0.2) is 5.16 Å². The first-order valence-electron chi connectivity index (χ1n) is 6.20. The Bertz CT molecular complexity index is 275. The van der Waals surface area contributed by atoms with E-state index in [-0.39, 0.29) is 23.8 Å². The third kappa shape index (κ3) is 4.13. The van der Waals surface area contributed by atoms with E-state index in [9.17, 15) is 4.79 Å². The summed E-state index contributed by atoms with van der Waals surface area (Å²) < 4.78 is 0. The Hall–Kier alpha value is -1.46. The number of carbonyl (C=O) groups is 1. The molecular formula is C11H22N4O2. The van der Waals surface area contributed by atoms with Crippen LogP contribution in [0.3, 0.4) is 0 Å². The van der Waals surface area contributed by atoms with Gasteiger partial charge in [-0.25, -0.2) is 4.79 Å². The molecule has 0 saturated heterocycles. The lowest BCUT2D eigenvalue weighted by atomic mass is 9.83. The normalized spacial score (nSPS) is 19.7. The van der Waals surface area contributed by atoms with Crippen molar-refractivity contribution in [3.63, 3.8) is 0 Å². The highest BCUT2D eigenvalue weighted by Crippen LogP contribution is 2.26. The first-order valence-corrected chi connectivity index (χ1v) is 6.20. The van der Waals surface area contributed by atoms with Crippen molar-refractivity contribution in [3.05, 3.63) is 0 Å². The lowest BCUT2D eigenvalue weighted by Crippen LogP contribution is -2.52. The Kier molecular flexibility index (Phi) is 5.59. The topological polar surface area (TPSA) is 99.7 Å². The summed E-state index contributed by atoms with van der Waals surface area (Å²) in [4.78, 5) is 11.5. The Morgan fingerprint density at radius 3 is 2.65 bits per heavy atom. The maximum Gasteiger partial charge on any atom is 0.315 e. The summed E-state index contributed by atoms with van der Waals surface area (Å²) in [5, 5.41) is 17.2. The molecular weight excluding hydrogens is 220 g/mol. The largest absolute Gasteiger partial charge is 0.409 e. The minimum absolute atomic E-state index is 0.0863. The molecule has 0 aliphatic heterocycles. The molecule has 6 nitrogen and oxygen atoms in total. The van der Waals surface area contributed by atoms with E-state index in [1.54, 1.807) is 0 Å². The zero-order chi connectivity index (χ0) is 12.7. The van der Waals surface area contributed by atoms with E-state index >= 15 is 0 Å². The number of rotatable bonds is 4. The van der Waals surface area contributed by atoms with Crippen molar-refractivity contribution >= 4 is 11.9 Å². The van der Waals surface area contributed by atoms with Gasteiger partial charge in [0.2, 0.25) is 0 Å². The molecule has 2 amide bonds. The van der Waals surface area contributed by atoms with E-state index in [2.05, 4.69) is 15.8 Å². The number of oxime groups is 1. The molecule has 0 spiro atoms. The van der Waals surface area contributed by atoms with Gasteiger partial charge < -0.3 is 21.6 Å². The minimum Gasteiger partial charge on any atom is -0.409 e. The lowest BCUT2D eigenvalue weighted by molar-refractivity contribution is 0.230. The van der Waals surface area contributed by atoms with Gasteiger partial charge in [0.05, 0.1) is 6.04 Å². The first kappa shape index (κ1) is 13.6. The molecule has 17 heavy (non-hydrogen) atoms. The molecule has 1 aliphatic rings. The third-order valence-corrected chi connectivity index (χ3v) is 3.18. The summed E-state index contributed by atoms with van der Waals surface area (Å²) in [6, 6.07) is -0.637. The lowest BCUT2D eigenvalue weighted by Gasteiger charge is -2.29. The molecule has 0 aromatic carbocycles. The average molecular weight is 242 g/mol. The fraction of sp³-hybridized carbons (Fsp3) is 0.818. The van der Waals surface area contributed by atoms with Crippen molar-refractivity contribution in [2.24, 2.45) is 16.8 Å². The van der Waals surface area contributed by atoms with E-state index in [4.69, 9.17) is 10.9 Å². The monoisotopic (exact) mass is 242 g/mol. The molecule has 0 radical (unpaired) electrons. The predicted molar refractivity (Wildman–Crippen MR) is 66.0 cm³/mol. The molecule has 6 heteroatoms. The highest BCUT2D eigenvalue weighted by atomic mass is 16.4. The molecule has 98 valence electrons. The number of nitrogens with zero attached hydrogens (tertiary/aromatic N) is 1. The van der Waals surface area contributed by atoms with Crippen LogP contribution in [0.25, 0.3) is 0 Å². The van der Waals surface area contributed by atoms with Gasteiger partial charge in [-0.1, -0.05) is 24.4 Å². The highest BCUT2D eigenvalue weighted by Gasteiger charge is 2.28. The molecule has 5 N–H and O–H groups in total. The van der Waals surface area contributed by atoms with Gasteiger partial charge in [-0.3, -0.25) is 0 Å². The van der Waals surface area contributed by atoms with Crippen LogP contribution in [-0.4, -0.2) is 29.7 Å². The molecule has 1 fully saturated rings. The van der Waals surface area contributed by atoms with Gasteiger partial charge >= 0.3 is 6.03 Å². The van der Waals surface area contributed by atoms with E-state index < -0.39 is 0 Å². The van der Waals surface area contributed by atoms with Crippen molar-refractivity contribution in [2.75, 3.05) is 6.54 Å². The Morgan fingerprint density at radius 1 is 1.47 bits per heavy atom. The van der Waals surface area contributed by atoms with Crippen LogP contribution in [-0.2, 0) is 0 Å². The van der Waals surface area contributed by atoms with Gasteiger partial charge in [0.15, 0.2) is 5.84 Å². The Balaban J connectivity index is 2.62. The fourth-order valence-electron chi connectivity index (χ4n) is 2.32. The average Bonchev–Trinajstić information content (AvgIpc) is 2.36. The quantitative estimate of drug-likeness (QED) is 0.256. The molecule has 0 aromatic heterocycles. The van der Waals surface area contributed by atoms with Gasteiger partial charge in [0, 0.05) is 6.54 Å². The third-order valence-electron chi connectivity index (χ3n) is 3.18. The van der Waals surface area contributed by atoms with Crippen LogP contribution >= 0.6 is 0 Å². The van der Waals surface area contributed by atoms with Crippen LogP contribution in [0.1, 0.15) is 39.0 Å². The summed E-state index contributed by atoms with van der Waals surface area (Å²) in [7, 11) is 0. The van der Waals surface area contributed by atoms with Crippen LogP contribution in [0, 0.1) is 5.92 Å². The fourth-order valence-corrected chi connectivity index (χ4v) is 2.32. The second-order valence-electron chi connectivity index (χ2n) is 4.40. The molecule has 1 unspecified atom stereocenters. The molecule has 0 bridgehead atoms. The number of amides is 2. The van der Waals surface area contributed by atoms with Crippen LogP contribution in [0.5, 0.6) is 0 Å². The molecule has 1 aliphatic carbocycles. The molecule has 1 saturated carbocycles. The van der Waals surface area contributed by atoms with Crippen LogP contribution in [0.2, 0.25) is 0 Å². The van der Waals surface area contributed by atoms with Gasteiger partial charge in [-0.2, -0.15) is 0 Å². The summed E-state index contributed by atoms with van der Waals surface area (Å²) in [6.07, 6.45) is 5.51. The maximum atomic E-state index is 11.5. The van der Waals surface area contributed by atoms with Crippen molar-refractivity contribution in [1.82, 2.24) is 10.6 Å². The summed E-state index contributed by atoms with van der Waals surface area (Å²) >= 11 is 0.